The van der Waals surface area contributed by atoms with E-state index in [0.29, 0.717) is 5.70 Å². The van der Waals surface area contributed by atoms with Crippen LogP contribution in [0.25, 0.3) is 0 Å². The molecule has 120 valence electrons. The number of halogens is 3. The Kier molecular flexibility index (Phi) is 4.57. The molecule has 0 radical (unpaired) electrons. The molecule has 0 fully saturated rings. The van der Waals surface area contributed by atoms with Gasteiger partial charge in [0.2, 0.25) is 0 Å². The molecule has 1 aromatic rings. The molecule has 0 bridgehead atoms. The van der Waals surface area contributed by atoms with E-state index < -0.39 is 23.4 Å². The summed E-state index contributed by atoms with van der Waals surface area (Å²) in [7, 11) is 0. The van der Waals surface area contributed by atoms with Crippen LogP contribution in [0.5, 0.6) is 0 Å². The summed E-state index contributed by atoms with van der Waals surface area (Å²) in [4.78, 5) is 12.0. The van der Waals surface area contributed by atoms with Gasteiger partial charge in [0.25, 0.3) is 0 Å². The quantitative estimate of drug-likeness (QED) is 0.804. The van der Waals surface area contributed by atoms with E-state index in [1.165, 1.54) is 25.1 Å². The van der Waals surface area contributed by atoms with E-state index in [1.54, 1.807) is 6.92 Å². The third-order valence-corrected chi connectivity index (χ3v) is 3.97. The van der Waals surface area contributed by atoms with Crippen LogP contribution in [0.1, 0.15) is 30.9 Å². The molecule has 1 aromatic carbocycles. The number of hydrogen-bond acceptors (Lipinski definition) is 4. The lowest BCUT2D eigenvalue weighted by molar-refractivity contribution is -0.138. The monoisotopic (exact) mass is 338 g/mol. The molecule has 1 aliphatic rings. The number of carbonyl (C=O) groups is 1. The van der Waals surface area contributed by atoms with Gasteiger partial charge in [-0.2, -0.15) is 18.4 Å². The molecular formula is C16H13F3N2OS. The second kappa shape index (κ2) is 6.13. The van der Waals surface area contributed by atoms with Crippen LogP contribution in [0.3, 0.4) is 0 Å². The van der Waals surface area contributed by atoms with Gasteiger partial charge in [0.15, 0.2) is 5.78 Å². The Hall–Kier alpha value is -2.20. The lowest BCUT2D eigenvalue weighted by Gasteiger charge is -2.29. The van der Waals surface area contributed by atoms with Crippen molar-refractivity contribution in [2.24, 2.45) is 0 Å². The van der Waals surface area contributed by atoms with Gasteiger partial charge < -0.3 is 5.32 Å². The average Bonchev–Trinajstić information content (AvgIpc) is 2.45. The number of thiol groups is 1. The number of nitrogens with one attached hydrogen (secondary N) is 1. The lowest BCUT2D eigenvalue weighted by atomic mass is 9.79. The fourth-order valence-electron chi connectivity index (χ4n) is 2.71. The van der Waals surface area contributed by atoms with Crippen LogP contribution < -0.4 is 5.32 Å². The van der Waals surface area contributed by atoms with E-state index in [0.717, 1.165) is 6.07 Å². The van der Waals surface area contributed by atoms with Gasteiger partial charge in [-0.15, -0.1) is 12.6 Å². The summed E-state index contributed by atoms with van der Waals surface area (Å²) in [6.07, 6.45) is -4.59. The van der Waals surface area contributed by atoms with Gasteiger partial charge in [0, 0.05) is 11.3 Å². The molecule has 0 aromatic heterocycles. The van der Waals surface area contributed by atoms with E-state index >= 15 is 0 Å². The van der Waals surface area contributed by atoms with Crippen molar-refractivity contribution >= 4 is 18.4 Å². The zero-order chi connectivity index (χ0) is 17.4. The van der Waals surface area contributed by atoms with Crippen LogP contribution >= 0.6 is 12.6 Å². The van der Waals surface area contributed by atoms with Crippen LogP contribution in [-0.2, 0) is 11.0 Å². The van der Waals surface area contributed by atoms with Gasteiger partial charge in [-0.3, -0.25) is 4.79 Å². The van der Waals surface area contributed by atoms with Crippen molar-refractivity contribution in [3.8, 4) is 6.07 Å². The SMILES string of the molecule is CC(=O)C1=C(C)NC(S)=C(C#N)[C@H]1c1ccccc1C(F)(F)F. The Labute approximate surface area is 136 Å². The summed E-state index contributed by atoms with van der Waals surface area (Å²) in [5.74, 6) is -1.49. The minimum atomic E-state index is -4.59. The topological polar surface area (TPSA) is 52.9 Å². The third-order valence-electron chi connectivity index (χ3n) is 3.62. The molecule has 3 nitrogen and oxygen atoms in total. The number of benzene rings is 1. The average molecular weight is 338 g/mol. The van der Waals surface area contributed by atoms with Crippen molar-refractivity contribution in [1.82, 2.24) is 5.32 Å². The summed E-state index contributed by atoms with van der Waals surface area (Å²) >= 11 is 4.14. The highest BCUT2D eigenvalue weighted by Crippen LogP contribution is 2.44. The maximum Gasteiger partial charge on any atom is 0.416 e. The van der Waals surface area contributed by atoms with Crippen LogP contribution in [0.4, 0.5) is 13.2 Å². The van der Waals surface area contributed by atoms with Gasteiger partial charge >= 0.3 is 6.18 Å². The van der Waals surface area contributed by atoms with Crippen molar-refractivity contribution in [3.05, 3.63) is 57.3 Å². The van der Waals surface area contributed by atoms with Gasteiger partial charge in [0.1, 0.15) is 0 Å². The molecule has 1 aliphatic heterocycles. The maximum atomic E-state index is 13.3. The molecule has 23 heavy (non-hydrogen) atoms. The third kappa shape index (κ3) is 3.13. The first-order valence-corrected chi connectivity index (χ1v) is 7.11. The highest BCUT2D eigenvalue weighted by atomic mass is 32.1. The number of carbonyl (C=O) groups excluding carboxylic acids is 1. The zero-order valence-corrected chi connectivity index (χ0v) is 13.2. The molecular weight excluding hydrogens is 325 g/mol. The summed E-state index contributed by atoms with van der Waals surface area (Å²) in [5.41, 5.74) is -0.484. The Morgan fingerprint density at radius 3 is 2.48 bits per heavy atom. The van der Waals surface area contributed by atoms with Gasteiger partial charge in [-0.05, 0) is 25.5 Å². The molecule has 0 saturated heterocycles. The number of rotatable bonds is 2. The van der Waals surface area contributed by atoms with Crippen molar-refractivity contribution in [1.29, 1.82) is 5.26 Å². The van der Waals surface area contributed by atoms with Crippen molar-refractivity contribution in [3.63, 3.8) is 0 Å². The van der Waals surface area contributed by atoms with Crippen LogP contribution in [0.2, 0.25) is 0 Å². The Bertz CT molecular complexity index is 772. The number of alkyl halides is 3. The van der Waals surface area contributed by atoms with E-state index in [-0.39, 0.29) is 21.7 Å². The maximum absolute atomic E-state index is 13.3. The Balaban J connectivity index is 2.79. The molecule has 0 saturated carbocycles. The van der Waals surface area contributed by atoms with Crippen molar-refractivity contribution < 1.29 is 18.0 Å². The number of nitrogens with zero attached hydrogens (tertiary/aromatic N) is 1. The molecule has 0 aliphatic carbocycles. The van der Waals surface area contributed by atoms with Crippen molar-refractivity contribution in [2.45, 2.75) is 25.9 Å². The highest BCUT2D eigenvalue weighted by molar-refractivity contribution is 7.84. The fraction of sp³-hybridized carbons (Fsp3) is 0.250. The normalized spacial score (nSPS) is 18.6. The molecule has 1 atom stereocenters. The molecule has 7 heteroatoms. The van der Waals surface area contributed by atoms with Crippen LogP contribution in [0, 0.1) is 11.3 Å². The van der Waals surface area contributed by atoms with Gasteiger partial charge in [0.05, 0.1) is 28.2 Å². The summed E-state index contributed by atoms with van der Waals surface area (Å²) in [5, 5.41) is 12.3. The minimum absolute atomic E-state index is 0.0131. The van der Waals surface area contributed by atoms with Crippen molar-refractivity contribution in [2.75, 3.05) is 0 Å². The number of Topliss-reactive ketones (excluding diaryl/α,β-unsaturated/α-hetero) is 1. The lowest BCUT2D eigenvalue weighted by Crippen LogP contribution is -2.27. The van der Waals surface area contributed by atoms with E-state index in [4.69, 9.17) is 0 Å². The van der Waals surface area contributed by atoms with E-state index in [1.807, 2.05) is 6.07 Å². The standard InChI is InChI=1S/C16H13F3N2OS/c1-8-13(9(2)22)14(11(7-20)15(23)21-8)10-5-3-4-6-12(10)16(17,18)19/h3-6,14,21,23H,1-2H3/t14-/m1/s1. The number of hydrogen-bond donors (Lipinski definition) is 2. The van der Waals surface area contributed by atoms with E-state index in [2.05, 4.69) is 17.9 Å². The molecule has 0 spiro atoms. The number of ketones is 1. The Morgan fingerprint density at radius 1 is 1.35 bits per heavy atom. The Morgan fingerprint density at radius 2 is 1.96 bits per heavy atom. The van der Waals surface area contributed by atoms with Gasteiger partial charge in [-0.1, -0.05) is 18.2 Å². The summed E-state index contributed by atoms with van der Waals surface area (Å²) < 4.78 is 40.0. The molecule has 0 amide bonds. The predicted octanol–water partition coefficient (Wildman–Crippen LogP) is 3.92. The largest absolute Gasteiger partial charge is 0.416 e. The predicted molar refractivity (Wildman–Crippen MR) is 82.3 cm³/mol. The smallest absolute Gasteiger partial charge is 0.353 e. The first kappa shape index (κ1) is 17.2. The second-order valence-corrected chi connectivity index (χ2v) is 5.56. The van der Waals surface area contributed by atoms with Gasteiger partial charge in [-0.25, -0.2) is 0 Å². The first-order chi connectivity index (χ1) is 10.7. The molecule has 0 unspecified atom stereocenters. The first-order valence-electron chi connectivity index (χ1n) is 6.66. The number of allylic oxidation sites excluding steroid dienone is 3. The summed E-state index contributed by atoms with van der Waals surface area (Å²) in [6.45, 7) is 2.84. The van der Waals surface area contributed by atoms with E-state index in [9.17, 15) is 23.2 Å². The molecule has 2 rings (SSSR count). The van der Waals surface area contributed by atoms with Crippen LogP contribution in [-0.4, -0.2) is 5.78 Å². The number of nitriles is 1. The highest BCUT2D eigenvalue weighted by Gasteiger charge is 2.39. The zero-order valence-electron chi connectivity index (χ0n) is 12.3. The van der Waals surface area contributed by atoms with Crippen LogP contribution in [0.15, 0.2) is 46.1 Å². The summed E-state index contributed by atoms with van der Waals surface area (Å²) in [6, 6.07) is 6.82. The molecule has 1 N–H and O–H groups in total. The second-order valence-electron chi connectivity index (χ2n) is 5.11. The molecule has 1 heterocycles. The number of dihydropyridines is 1. The fourth-order valence-corrected chi connectivity index (χ4v) is 3.06. The minimum Gasteiger partial charge on any atom is -0.353 e.